The molecule has 0 bridgehead atoms. The Morgan fingerprint density at radius 1 is 0.875 bits per heavy atom. The molecule has 1 spiro atoms. The Bertz CT molecular complexity index is 1380. The first kappa shape index (κ1) is 19.6. The molecule has 4 heteroatoms. The first-order valence-corrected chi connectivity index (χ1v) is 11.7. The predicted molar refractivity (Wildman–Crippen MR) is 135 cm³/mol. The minimum atomic E-state index is -0.723. The molecule has 0 saturated heterocycles. The van der Waals surface area contributed by atoms with E-state index in [9.17, 15) is 0 Å². The van der Waals surface area contributed by atoms with Crippen LogP contribution in [-0.4, -0.2) is 11.9 Å². The number of nitrogens with zero attached hydrogens (tertiary/aromatic N) is 2. The predicted octanol–water partition coefficient (Wildman–Crippen LogP) is 7.39. The number of aliphatic imine (C=N–C) groups is 1. The highest BCUT2D eigenvalue weighted by molar-refractivity contribution is 9.10. The standard InChI is InChI=1S/C28H23BrN2O/c1-27(2)23-9-5-6-10-24(23)31(17-19-11-14-21(29)15-12-19)28(27)18-30-26-22-8-4-3-7-20(22)13-16-25(26)32-28/h3-16,18H,17H2,1-2H3. The normalized spacial score (nSPS) is 20.3. The summed E-state index contributed by atoms with van der Waals surface area (Å²) in [5.41, 5.74) is 3.57. The van der Waals surface area contributed by atoms with Crippen molar-refractivity contribution in [2.75, 3.05) is 4.90 Å². The molecular formula is C28H23BrN2O. The summed E-state index contributed by atoms with van der Waals surface area (Å²) < 4.78 is 8.04. The van der Waals surface area contributed by atoms with E-state index in [1.165, 1.54) is 22.2 Å². The van der Waals surface area contributed by atoms with Crippen molar-refractivity contribution >= 4 is 44.3 Å². The molecule has 6 rings (SSSR count). The third-order valence-corrected chi connectivity index (χ3v) is 7.45. The maximum absolute atomic E-state index is 6.96. The van der Waals surface area contributed by atoms with E-state index in [2.05, 4.69) is 120 Å². The average Bonchev–Trinajstić information content (AvgIpc) is 2.99. The number of benzene rings is 4. The molecule has 2 aliphatic rings. The fraction of sp³-hybridized carbons (Fsp3) is 0.179. The molecule has 158 valence electrons. The van der Waals surface area contributed by atoms with Gasteiger partial charge in [-0.15, -0.1) is 0 Å². The minimum Gasteiger partial charge on any atom is -0.459 e. The molecule has 4 aromatic rings. The molecule has 32 heavy (non-hydrogen) atoms. The van der Waals surface area contributed by atoms with Crippen LogP contribution in [0.15, 0.2) is 94.4 Å². The van der Waals surface area contributed by atoms with Crippen LogP contribution in [0.3, 0.4) is 0 Å². The van der Waals surface area contributed by atoms with Gasteiger partial charge in [-0.1, -0.05) is 76.6 Å². The molecule has 0 aromatic heterocycles. The lowest BCUT2D eigenvalue weighted by atomic mass is 9.77. The Hall–Kier alpha value is -3.11. The third-order valence-electron chi connectivity index (χ3n) is 6.92. The number of para-hydroxylation sites is 1. The van der Waals surface area contributed by atoms with Gasteiger partial charge < -0.3 is 9.64 Å². The molecule has 3 nitrogen and oxygen atoms in total. The van der Waals surface area contributed by atoms with E-state index < -0.39 is 5.72 Å². The topological polar surface area (TPSA) is 24.8 Å². The lowest BCUT2D eigenvalue weighted by molar-refractivity contribution is 0.0764. The molecule has 2 heterocycles. The van der Waals surface area contributed by atoms with Crippen LogP contribution in [0.25, 0.3) is 10.8 Å². The van der Waals surface area contributed by atoms with Gasteiger partial charge in [0, 0.05) is 22.1 Å². The van der Waals surface area contributed by atoms with Gasteiger partial charge in [-0.05, 0) is 54.6 Å². The maximum Gasteiger partial charge on any atom is 0.229 e. The largest absolute Gasteiger partial charge is 0.459 e. The summed E-state index contributed by atoms with van der Waals surface area (Å²) in [7, 11) is 0. The van der Waals surface area contributed by atoms with Gasteiger partial charge in [0.05, 0.1) is 11.6 Å². The summed E-state index contributed by atoms with van der Waals surface area (Å²) in [6.45, 7) is 5.24. The SMILES string of the molecule is CC1(C)c2ccccc2N(Cc2ccc(Br)cc2)C12C=Nc1c(ccc3ccccc13)O2. The molecule has 0 amide bonds. The quantitative estimate of drug-likeness (QED) is 0.297. The number of ether oxygens (including phenoxy) is 1. The zero-order chi connectivity index (χ0) is 21.9. The molecule has 0 radical (unpaired) electrons. The Balaban J connectivity index is 1.52. The van der Waals surface area contributed by atoms with Crippen LogP contribution >= 0.6 is 15.9 Å². The zero-order valence-corrected chi connectivity index (χ0v) is 19.6. The van der Waals surface area contributed by atoms with Crippen molar-refractivity contribution in [1.82, 2.24) is 0 Å². The van der Waals surface area contributed by atoms with E-state index in [0.29, 0.717) is 0 Å². The molecular weight excluding hydrogens is 460 g/mol. The molecule has 4 aromatic carbocycles. The van der Waals surface area contributed by atoms with Crippen molar-refractivity contribution < 1.29 is 4.74 Å². The lowest BCUT2D eigenvalue weighted by Gasteiger charge is -2.46. The Morgan fingerprint density at radius 3 is 2.47 bits per heavy atom. The van der Waals surface area contributed by atoms with E-state index in [1.807, 2.05) is 6.21 Å². The summed E-state index contributed by atoms with van der Waals surface area (Å²) in [5, 5.41) is 2.28. The Morgan fingerprint density at radius 2 is 1.62 bits per heavy atom. The van der Waals surface area contributed by atoms with Crippen LogP contribution in [0.2, 0.25) is 0 Å². The molecule has 1 atom stereocenters. The van der Waals surface area contributed by atoms with Crippen LogP contribution in [0.5, 0.6) is 5.75 Å². The summed E-state index contributed by atoms with van der Waals surface area (Å²) in [4.78, 5) is 7.41. The summed E-state index contributed by atoms with van der Waals surface area (Å²) in [5.74, 6) is 0.827. The highest BCUT2D eigenvalue weighted by Gasteiger charge is 2.59. The van der Waals surface area contributed by atoms with Gasteiger partial charge in [0.25, 0.3) is 0 Å². The van der Waals surface area contributed by atoms with Crippen molar-refractivity contribution in [2.45, 2.75) is 31.5 Å². The van der Waals surface area contributed by atoms with Crippen molar-refractivity contribution in [1.29, 1.82) is 0 Å². The van der Waals surface area contributed by atoms with Gasteiger partial charge in [0.2, 0.25) is 5.72 Å². The number of hydrogen-bond donors (Lipinski definition) is 0. The average molecular weight is 483 g/mol. The van der Waals surface area contributed by atoms with E-state index in [0.717, 1.165) is 27.8 Å². The van der Waals surface area contributed by atoms with E-state index >= 15 is 0 Å². The van der Waals surface area contributed by atoms with E-state index in [4.69, 9.17) is 9.73 Å². The third kappa shape index (κ3) is 2.69. The van der Waals surface area contributed by atoms with Crippen LogP contribution < -0.4 is 9.64 Å². The van der Waals surface area contributed by atoms with Crippen molar-refractivity contribution in [3.05, 3.63) is 101 Å². The summed E-state index contributed by atoms with van der Waals surface area (Å²) in [6.07, 6.45) is 2.03. The first-order valence-electron chi connectivity index (χ1n) is 10.9. The Kier molecular flexibility index (Phi) is 4.25. The smallest absolute Gasteiger partial charge is 0.229 e. The van der Waals surface area contributed by atoms with E-state index in [1.54, 1.807) is 0 Å². The second-order valence-corrected chi connectivity index (χ2v) is 9.96. The van der Waals surface area contributed by atoms with Crippen molar-refractivity contribution in [3.8, 4) is 5.75 Å². The molecule has 0 saturated carbocycles. The van der Waals surface area contributed by atoms with Crippen LogP contribution in [0.1, 0.15) is 25.0 Å². The fourth-order valence-electron chi connectivity index (χ4n) is 5.13. The minimum absolute atomic E-state index is 0.300. The number of fused-ring (bicyclic) bond motifs is 4. The van der Waals surface area contributed by atoms with Crippen LogP contribution in [0.4, 0.5) is 11.4 Å². The Labute approximate surface area is 196 Å². The number of halogens is 1. The number of anilines is 1. The van der Waals surface area contributed by atoms with Gasteiger partial charge in [0.1, 0.15) is 11.4 Å². The van der Waals surface area contributed by atoms with Gasteiger partial charge in [-0.2, -0.15) is 0 Å². The number of hydrogen-bond acceptors (Lipinski definition) is 3. The summed E-state index contributed by atoms with van der Waals surface area (Å²) in [6, 6.07) is 29.6. The van der Waals surface area contributed by atoms with Crippen molar-refractivity contribution in [2.24, 2.45) is 4.99 Å². The second-order valence-electron chi connectivity index (χ2n) is 9.04. The fourth-order valence-corrected chi connectivity index (χ4v) is 5.40. The van der Waals surface area contributed by atoms with Crippen molar-refractivity contribution in [3.63, 3.8) is 0 Å². The zero-order valence-electron chi connectivity index (χ0n) is 18.0. The highest BCUT2D eigenvalue weighted by atomic mass is 79.9. The summed E-state index contributed by atoms with van der Waals surface area (Å²) >= 11 is 3.55. The lowest BCUT2D eigenvalue weighted by Crippen LogP contribution is -2.61. The second kappa shape index (κ2) is 6.94. The molecule has 0 fully saturated rings. The van der Waals surface area contributed by atoms with Gasteiger partial charge >= 0.3 is 0 Å². The molecule has 1 unspecified atom stereocenters. The van der Waals surface area contributed by atoms with Gasteiger partial charge in [-0.25, -0.2) is 0 Å². The van der Waals surface area contributed by atoms with Crippen LogP contribution in [0, 0.1) is 0 Å². The molecule has 0 aliphatic carbocycles. The van der Waals surface area contributed by atoms with Gasteiger partial charge in [0.15, 0.2) is 0 Å². The molecule has 0 N–H and O–H groups in total. The van der Waals surface area contributed by atoms with Gasteiger partial charge in [-0.3, -0.25) is 4.99 Å². The highest BCUT2D eigenvalue weighted by Crippen LogP contribution is 2.55. The van der Waals surface area contributed by atoms with E-state index in [-0.39, 0.29) is 5.41 Å². The monoisotopic (exact) mass is 482 g/mol. The molecule has 2 aliphatic heterocycles. The van der Waals surface area contributed by atoms with Crippen LogP contribution in [-0.2, 0) is 12.0 Å². The maximum atomic E-state index is 6.96. The first-order chi connectivity index (χ1) is 15.5. The number of rotatable bonds is 2.